The number of alkyl halides is 1. The van der Waals surface area contributed by atoms with Crippen LogP contribution in [0.3, 0.4) is 0 Å². The molecule has 0 unspecified atom stereocenters. The SMILES string of the molecule is COC(=O)NS(=O)(=O)Nc1ccc(CCl)cc1. The van der Waals surface area contributed by atoms with Gasteiger partial charge in [0.2, 0.25) is 0 Å². The molecule has 8 heteroatoms. The summed E-state index contributed by atoms with van der Waals surface area (Å²) in [6.07, 6.45) is -1.06. The molecule has 2 N–H and O–H groups in total. The molecule has 1 amide bonds. The van der Waals surface area contributed by atoms with Crippen LogP contribution in [0.5, 0.6) is 0 Å². The average molecular weight is 279 g/mol. The van der Waals surface area contributed by atoms with Crippen LogP contribution in [0.25, 0.3) is 0 Å². The predicted molar refractivity (Wildman–Crippen MR) is 64.1 cm³/mol. The van der Waals surface area contributed by atoms with Crippen LogP contribution in [-0.4, -0.2) is 21.6 Å². The van der Waals surface area contributed by atoms with Gasteiger partial charge in [-0.2, -0.15) is 8.42 Å². The largest absolute Gasteiger partial charge is 0.452 e. The molecular weight excluding hydrogens is 268 g/mol. The Hall–Kier alpha value is -1.47. The fraction of sp³-hybridized carbons (Fsp3) is 0.222. The first-order valence-corrected chi connectivity index (χ1v) is 6.52. The fourth-order valence-corrected chi connectivity index (χ4v) is 1.97. The Morgan fingerprint density at radius 1 is 1.35 bits per heavy atom. The molecule has 0 heterocycles. The van der Waals surface area contributed by atoms with Gasteiger partial charge in [0.05, 0.1) is 12.8 Å². The number of carbonyl (C=O) groups excluding carboxylic acids is 1. The summed E-state index contributed by atoms with van der Waals surface area (Å²) < 4.78 is 30.7. The van der Waals surface area contributed by atoms with Crippen LogP contribution in [0.1, 0.15) is 5.56 Å². The monoisotopic (exact) mass is 278 g/mol. The number of rotatable bonds is 4. The first kappa shape index (κ1) is 13.6. The molecular formula is C9H11ClN2O4S. The number of hydrogen-bond donors (Lipinski definition) is 2. The molecule has 0 saturated carbocycles. The lowest BCUT2D eigenvalue weighted by molar-refractivity contribution is 0.177. The number of carbonyl (C=O) groups is 1. The van der Waals surface area contributed by atoms with Crippen LogP contribution in [-0.2, 0) is 20.8 Å². The van der Waals surface area contributed by atoms with Crippen molar-refractivity contribution in [2.24, 2.45) is 0 Å². The van der Waals surface area contributed by atoms with Crippen molar-refractivity contribution in [3.8, 4) is 0 Å². The first-order chi connectivity index (χ1) is 7.96. The number of anilines is 1. The maximum absolute atomic E-state index is 11.4. The van der Waals surface area contributed by atoms with E-state index in [1.165, 1.54) is 12.1 Å². The van der Waals surface area contributed by atoms with Gasteiger partial charge < -0.3 is 4.74 Å². The second-order valence-electron chi connectivity index (χ2n) is 3.03. The zero-order chi connectivity index (χ0) is 12.9. The van der Waals surface area contributed by atoms with E-state index < -0.39 is 16.3 Å². The van der Waals surface area contributed by atoms with Crippen molar-refractivity contribution in [3.63, 3.8) is 0 Å². The lowest BCUT2D eigenvalue weighted by Crippen LogP contribution is -2.35. The van der Waals surface area contributed by atoms with Gasteiger partial charge in [-0.3, -0.25) is 4.72 Å². The molecule has 0 aromatic heterocycles. The average Bonchev–Trinajstić information content (AvgIpc) is 2.28. The maximum atomic E-state index is 11.4. The number of halogens is 1. The third-order valence-electron chi connectivity index (χ3n) is 1.76. The second-order valence-corrected chi connectivity index (χ2v) is 4.71. The van der Waals surface area contributed by atoms with Gasteiger partial charge in [0.25, 0.3) is 0 Å². The summed E-state index contributed by atoms with van der Waals surface area (Å²) in [4.78, 5) is 10.7. The standard InChI is InChI=1S/C9H11ClN2O4S/c1-16-9(13)12-17(14,15)11-8-4-2-7(6-10)3-5-8/h2-5,11H,6H2,1H3,(H,12,13). The smallest absolute Gasteiger partial charge is 0.422 e. The van der Waals surface area contributed by atoms with Crippen molar-refractivity contribution in [2.45, 2.75) is 5.88 Å². The lowest BCUT2D eigenvalue weighted by atomic mass is 10.2. The van der Waals surface area contributed by atoms with Crippen molar-refractivity contribution in [1.29, 1.82) is 0 Å². The van der Waals surface area contributed by atoms with Crippen LogP contribution < -0.4 is 9.44 Å². The van der Waals surface area contributed by atoms with Gasteiger partial charge in [-0.1, -0.05) is 12.1 Å². The van der Waals surface area contributed by atoms with Crippen LogP contribution in [0.4, 0.5) is 10.5 Å². The van der Waals surface area contributed by atoms with E-state index in [1.807, 2.05) is 0 Å². The summed E-state index contributed by atoms with van der Waals surface area (Å²) in [5, 5.41) is 0. The first-order valence-electron chi connectivity index (χ1n) is 4.50. The number of nitrogens with one attached hydrogen (secondary N) is 2. The summed E-state index contributed by atoms with van der Waals surface area (Å²) in [6.45, 7) is 0. The lowest BCUT2D eigenvalue weighted by Gasteiger charge is -2.08. The molecule has 0 aliphatic rings. The van der Waals surface area contributed by atoms with E-state index >= 15 is 0 Å². The molecule has 6 nitrogen and oxygen atoms in total. The van der Waals surface area contributed by atoms with Gasteiger partial charge in [0.1, 0.15) is 0 Å². The summed E-state index contributed by atoms with van der Waals surface area (Å²) in [5.41, 5.74) is 1.17. The molecule has 0 fully saturated rings. The highest BCUT2D eigenvalue weighted by Crippen LogP contribution is 2.12. The third kappa shape index (κ3) is 4.49. The van der Waals surface area contributed by atoms with Crippen molar-refractivity contribution in [2.75, 3.05) is 11.8 Å². The van der Waals surface area contributed by atoms with Gasteiger partial charge in [-0.05, 0) is 17.7 Å². The zero-order valence-electron chi connectivity index (χ0n) is 8.94. The fourth-order valence-electron chi connectivity index (χ4n) is 0.994. The Labute approximate surface area is 104 Å². The second kappa shape index (κ2) is 5.74. The van der Waals surface area contributed by atoms with Crippen LogP contribution >= 0.6 is 11.6 Å². The number of amides is 1. The summed E-state index contributed by atoms with van der Waals surface area (Å²) >= 11 is 5.59. The molecule has 0 saturated heterocycles. The Morgan fingerprint density at radius 2 is 1.94 bits per heavy atom. The van der Waals surface area contributed by atoms with Crippen molar-refractivity contribution in [1.82, 2.24) is 4.72 Å². The Bertz CT molecular complexity index is 486. The Morgan fingerprint density at radius 3 is 2.41 bits per heavy atom. The quantitative estimate of drug-likeness (QED) is 0.816. The van der Waals surface area contributed by atoms with Crippen LogP contribution in [0.2, 0.25) is 0 Å². The highest BCUT2D eigenvalue weighted by molar-refractivity contribution is 7.91. The summed E-state index contributed by atoms with van der Waals surface area (Å²) in [7, 11) is -2.90. The molecule has 94 valence electrons. The van der Waals surface area contributed by atoms with Crippen molar-refractivity contribution in [3.05, 3.63) is 29.8 Å². The molecule has 1 aromatic rings. The Kier molecular flexibility index (Phi) is 4.59. The zero-order valence-corrected chi connectivity index (χ0v) is 10.5. The maximum Gasteiger partial charge on any atom is 0.422 e. The molecule has 0 aliphatic carbocycles. The Balaban J connectivity index is 2.72. The van der Waals surface area contributed by atoms with E-state index in [2.05, 4.69) is 9.46 Å². The summed E-state index contributed by atoms with van der Waals surface area (Å²) in [5.74, 6) is 0.341. The molecule has 0 bridgehead atoms. The third-order valence-corrected chi connectivity index (χ3v) is 3.01. The normalized spacial score (nSPS) is 10.7. The van der Waals surface area contributed by atoms with Gasteiger partial charge in [-0.15, -0.1) is 11.6 Å². The molecule has 0 radical (unpaired) electrons. The van der Waals surface area contributed by atoms with E-state index in [1.54, 1.807) is 16.9 Å². The molecule has 0 spiro atoms. The number of methoxy groups -OCH3 is 1. The highest BCUT2D eigenvalue weighted by atomic mass is 35.5. The van der Waals surface area contributed by atoms with Crippen molar-refractivity contribution < 1.29 is 17.9 Å². The molecule has 1 rings (SSSR count). The minimum absolute atomic E-state index is 0.315. The summed E-state index contributed by atoms with van der Waals surface area (Å²) in [6, 6.07) is 6.41. The van der Waals surface area contributed by atoms with Gasteiger partial charge in [-0.25, -0.2) is 9.52 Å². The van der Waals surface area contributed by atoms with E-state index in [-0.39, 0.29) is 0 Å². The van der Waals surface area contributed by atoms with Crippen LogP contribution in [0.15, 0.2) is 24.3 Å². The van der Waals surface area contributed by atoms with Crippen molar-refractivity contribution >= 4 is 33.6 Å². The van der Waals surface area contributed by atoms with E-state index in [0.29, 0.717) is 11.6 Å². The molecule has 0 atom stereocenters. The van der Waals surface area contributed by atoms with Gasteiger partial charge in [0.15, 0.2) is 0 Å². The minimum Gasteiger partial charge on any atom is -0.452 e. The van der Waals surface area contributed by atoms with E-state index in [4.69, 9.17) is 11.6 Å². The van der Waals surface area contributed by atoms with Gasteiger partial charge >= 0.3 is 16.3 Å². The number of ether oxygens (including phenoxy) is 1. The minimum atomic E-state index is -3.97. The topological polar surface area (TPSA) is 84.5 Å². The highest BCUT2D eigenvalue weighted by Gasteiger charge is 2.13. The van der Waals surface area contributed by atoms with Gasteiger partial charge in [0, 0.05) is 5.88 Å². The van der Waals surface area contributed by atoms with E-state index in [9.17, 15) is 13.2 Å². The molecule has 0 aliphatic heterocycles. The predicted octanol–water partition coefficient (Wildman–Crippen LogP) is 1.44. The molecule has 1 aromatic carbocycles. The molecule has 17 heavy (non-hydrogen) atoms. The number of hydrogen-bond acceptors (Lipinski definition) is 4. The number of benzene rings is 1. The van der Waals surface area contributed by atoms with E-state index in [0.717, 1.165) is 12.7 Å². The van der Waals surface area contributed by atoms with Crippen LogP contribution in [0, 0.1) is 0 Å².